The van der Waals surface area contributed by atoms with E-state index in [0.717, 1.165) is 12.3 Å². The molecule has 0 aliphatic rings. The van der Waals surface area contributed by atoms with Gasteiger partial charge in [-0.3, -0.25) is 0 Å². The summed E-state index contributed by atoms with van der Waals surface area (Å²) in [6.07, 6.45) is 0. The molecule has 0 fully saturated rings. The summed E-state index contributed by atoms with van der Waals surface area (Å²) < 4.78 is 5.51. The topological polar surface area (TPSA) is 21.3 Å². The quantitative estimate of drug-likeness (QED) is 0.854. The van der Waals surface area contributed by atoms with Gasteiger partial charge in [-0.2, -0.15) is 0 Å². The Labute approximate surface area is 127 Å². The van der Waals surface area contributed by atoms with Crippen LogP contribution in [0.5, 0.6) is 5.75 Å². The highest BCUT2D eigenvalue weighted by molar-refractivity contribution is 5.85. The summed E-state index contributed by atoms with van der Waals surface area (Å²) in [5.41, 5.74) is 2.55. The van der Waals surface area contributed by atoms with Crippen molar-refractivity contribution in [3.05, 3.63) is 65.7 Å². The highest BCUT2D eigenvalue weighted by atomic mass is 35.5. The van der Waals surface area contributed by atoms with Gasteiger partial charge >= 0.3 is 0 Å². The second-order valence-electron chi connectivity index (χ2n) is 4.59. The molecule has 2 aromatic carbocycles. The number of ether oxygens (including phenoxy) is 1. The van der Waals surface area contributed by atoms with Gasteiger partial charge in [0.1, 0.15) is 5.75 Å². The molecule has 20 heavy (non-hydrogen) atoms. The molecule has 0 heterocycles. The van der Waals surface area contributed by atoms with E-state index in [0.29, 0.717) is 12.6 Å². The van der Waals surface area contributed by atoms with Crippen LogP contribution in [0.3, 0.4) is 0 Å². The fourth-order valence-electron chi connectivity index (χ4n) is 2.04. The van der Waals surface area contributed by atoms with E-state index < -0.39 is 0 Å². The lowest BCUT2D eigenvalue weighted by Gasteiger charge is -2.14. The molecule has 1 atom stereocenters. The van der Waals surface area contributed by atoms with Gasteiger partial charge in [0, 0.05) is 12.6 Å². The molecule has 0 saturated heterocycles. The van der Waals surface area contributed by atoms with Gasteiger partial charge in [0.25, 0.3) is 0 Å². The summed E-state index contributed by atoms with van der Waals surface area (Å²) in [4.78, 5) is 0. The molecule has 3 heteroatoms. The van der Waals surface area contributed by atoms with Crippen LogP contribution in [0, 0.1) is 0 Å². The van der Waals surface area contributed by atoms with Gasteiger partial charge in [-0.1, -0.05) is 42.5 Å². The van der Waals surface area contributed by atoms with E-state index in [-0.39, 0.29) is 12.4 Å². The van der Waals surface area contributed by atoms with E-state index in [2.05, 4.69) is 48.6 Å². The Hall–Kier alpha value is -1.51. The van der Waals surface area contributed by atoms with Crippen LogP contribution in [0.15, 0.2) is 54.6 Å². The summed E-state index contributed by atoms with van der Waals surface area (Å²) in [6.45, 7) is 5.73. The Morgan fingerprint density at radius 3 is 2.50 bits per heavy atom. The maximum atomic E-state index is 5.51. The average molecular weight is 292 g/mol. The van der Waals surface area contributed by atoms with Crippen LogP contribution >= 0.6 is 12.4 Å². The summed E-state index contributed by atoms with van der Waals surface area (Å²) in [7, 11) is 0. The molecule has 0 aliphatic heterocycles. The lowest BCUT2D eigenvalue weighted by Crippen LogP contribution is -2.17. The number of halogens is 1. The molecule has 0 amide bonds. The van der Waals surface area contributed by atoms with E-state index in [9.17, 15) is 0 Å². The molecule has 0 aliphatic carbocycles. The van der Waals surface area contributed by atoms with E-state index >= 15 is 0 Å². The SMILES string of the molecule is CCOc1cccc(CNC(C)c2ccccc2)c1.Cl. The Morgan fingerprint density at radius 1 is 1.05 bits per heavy atom. The number of benzene rings is 2. The molecule has 0 aromatic heterocycles. The first-order chi connectivity index (χ1) is 9.29. The molecule has 0 bridgehead atoms. The maximum absolute atomic E-state index is 5.51. The van der Waals surface area contributed by atoms with Crippen molar-refractivity contribution in [1.82, 2.24) is 5.32 Å². The molecule has 1 unspecified atom stereocenters. The highest BCUT2D eigenvalue weighted by Crippen LogP contribution is 2.15. The van der Waals surface area contributed by atoms with Gasteiger partial charge in [-0.25, -0.2) is 0 Å². The third kappa shape index (κ3) is 4.87. The van der Waals surface area contributed by atoms with Crippen LogP contribution in [-0.4, -0.2) is 6.61 Å². The van der Waals surface area contributed by atoms with Crippen molar-refractivity contribution in [3.8, 4) is 5.75 Å². The first-order valence-electron chi connectivity index (χ1n) is 6.79. The Balaban J connectivity index is 0.00000200. The molecule has 0 spiro atoms. The van der Waals surface area contributed by atoms with Crippen molar-refractivity contribution < 1.29 is 4.74 Å². The zero-order valence-corrected chi connectivity index (χ0v) is 12.8. The minimum absolute atomic E-state index is 0. The Morgan fingerprint density at radius 2 is 1.80 bits per heavy atom. The van der Waals surface area contributed by atoms with Crippen LogP contribution in [0.1, 0.15) is 31.0 Å². The molecule has 2 aromatic rings. The van der Waals surface area contributed by atoms with Gasteiger partial charge in [0.2, 0.25) is 0 Å². The zero-order chi connectivity index (χ0) is 13.5. The molecule has 1 N–H and O–H groups in total. The van der Waals surface area contributed by atoms with E-state index in [1.54, 1.807) is 0 Å². The zero-order valence-electron chi connectivity index (χ0n) is 12.0. The molecular formula is C17H22ClNO. The largest absolute Gasteiger partial charge is 0.494 e. The molecule has 0 saturated carbocycles. The van der Waals surface area contributed by atoms with Crippen molar-refractivity contribution in [2.24, 2.45) is 0 Å². The monoisotopic (exact) mass is 291 g/mol. The summed E-state index contributed by atoms with van der Waals surface area (Å²) in [5.74, 6) is 0.939. The number of nitrogens with one attached hydrogen (secondary N) is 1. The molecule has 108 valence electrons. The number of hydrogen-bond donors (Lipinski definition) is 1. The number of hydrogen-bond acceptors (Lipinski definition) is 2. The van der Waals surface area contributed by atoms with Crippen molar-refractivity contribution in [3.63, 3.8) is 0 Å². The minimum Gasteiger partial charge on any atom is -0.494 e. The van der Waals surface area contributed by atoms with Crippen LogP contribution in [0.25, 0.3) is 0 Å². The lowest BCUT2D eigenvalue weighted by molar-refractivity contribution is 0.339. The molecule has 0 radical (unpaired) electrons. The van der Waals surface area contributed by atoms with Crippen molar-refractivity contribution >= 4 is 12.4 Å². The normalized spacial score (nSPS) is 11.5. The van der Waals surface area contributed by atoms with Gasteiger partial charge in [0.05, 0.1) is 6.61 Å². The summed E-state index contributed by atoms with van der Waals surface area (Å²) in [6, 6.07) is 19.1. The van der Waals surface area contributed by atoms with Gasteiger partial charge in [-0.15, -0.1) is 12.4 Å². The number of rotatable bonds is 6. The average Bonchev–Trinajstić information content (AvgIpc) is 2.46. The minimum atomic E-state index is 0. The smallest absolute Gasteiger partial charge is 0.119 e. The van der Waals surface area contributed by atoms with Crippen LogP contribution in [0.4, 0.5) is 0 Å². The fraction of sp³-hybridized carbons (Fsp3) is 0.294. The van der Waals surface area contributed by atoms with Crippen LogP contribution in [-0.2, 0) is 6.54 Å². The first-order valence-corrected chi connectivity index (χ1v) is 6.79. The second kappa shape index (κ2) is 8.62. The molecule has 2 rings (SSSR count). The predicted molar refractivity (Wildman–Crippen MR) is 86.6 cm³/mol. The predicted octanol–water partition coefficient (Wildman–Crippen LogP) is 4.36. The van der Waals surface area contributed by atoms with Gasteiger partial charge in [-0.05, 0) is 37.1 Å². The third-order valence-electron chi connectivity index (χ3n) is 3.12. The summed E-state index contributed by atoms with van der Waals surface area (Å²) in [5, 5.41) is 3.53. The second-order valence-corrected chi connectivity index (χ2v) is 4.59. The highest BCUT2D eigenvalue weighted by Gasteiger charge is 2.04. The lowest BCUT2D eigenvalue weighted by atomic mass is 10.1. The van der Waals surface area contributed by atoms with E-state index in [1.165, 1.54) is 11.1 Å². The van der Waals surface area contributed by atoms with Crippen LogP contribution < -0.4 is 10.1 Å². The molecule has 2 nitrogen and oxygen atoms in total. The standard InChI is InChI=1S/C17H21NO.ClH/c1-3-19-17-11-7-8-15(12-17)13-18-14(2)16-9-5-4-6-10-16;/h4-12,14,18H,3,13H2,1-2H3;1H. The molecular weight excluding hydrogens is 270 g/mol. The van der Waals surface area contributed by atoms with Crippen molar-refractivity contribution in [2.45, 2.75) is 26.4 Å². The van der Waals surface area contributed by atoms with Crippen molar-refractivity contribution in [1.29, 1.82) is 0 Å². The van der Waals surface area contributed by atoms with Gasteiger partial charge in [0.15, 0.2) is 0 Å². The Bertz CT molecular complexity index is 501. The van der Waals surface area contributed by atoms with Crippen LogP contribution in [0.2, 0.25) is 0 Å². The first kappa shape index (κ1) is 16.5. The van der Waals surface area contributed by atoms with E-state index in [4.69, 9.17) is 4.74 Å². The maximum Gasteiger partial charge on any atom is 0.119 e. The van der Waals surface area contributed by atoms with Crippen molar-refractivity contribution in [2.75, 3.05) is 6.61 Å². The third-order valence-corrected chi connectivity index (χ3v) is 3.12. The summed E-state index contributed by atoms with van der Waals surface area (Å²) >= 11 is 0. The fourth-order valence-corrected chi connectivity index (χ4v) is 2.04. The Kier molecular flexibility index (Phi) is 7.13. The van der Waals surface area contributed by atoms with E-state index in [1.807, 2.05) is 25.1 Å². The van der Waals surface area contributed by atoms with Gasteiger partial charge < -0.3 is 10.1 Å².